The van der Waals surface area contributed by atoms with Gasteiger partial charge in [0.1, 0.15) is 0 Å². The average molecular weight is 227 g/mol. The summed E-state index contributed by atoms with van der Waals surface area (Å²) in [5, 5.41) is 5.44. The van der Waals surface area contributed by atoms with Gasteiger partial charge < -0.3 is 4.57 Å². The zero-order chi connectivity index (χ0) is 11.8. The lowest BCUT2D eigenvalue weighted by Crippen LogP contribution is -2.20. The van der Waals surface area contributed by atoms with Crippen LogP contribution in [0.3, 0.4) is 0 Å². The molecule has 0 amide bonds. The van der Waals surface area contributed by atoms with Crippen molar-refractivity contribution in [2.75, 3.05) is 0 Å². The lowest BCUT2D eigenvalue weighted by molar-refractivity contribution is 0.971. The molecule has 0 fully saturated rings. The molecule has 2 N–H and O–H groups in total. The SMILES string of the molecule is O=c1[nH][nH]c(=O)c2c(-n3cccc3)cccc12. The number of aromatic nitrogens is 3. The van der Waals surface area contributed by atoms with E-state index in [1.807, 2.05) is 24.5 Å². The second kappa shape index (κ2) is 3.48. The van der Waals surface area contributed by atoms with Crippen molar-refractivity contribution >= 4 is 10.8 Å². The number of hydrogen-bond donors (Lipinski definition) is 2. The third kappa shape index (κ3) is 1.40. The molecule has 2 aromatic heterocycles. The van der Waals surface area contributed by atoms with Gasteiger partial charge in [0, 0.05) is 12.4 Å². The maximum absolute atomic E-state index is 11.8. The van der Waals surface area contributed by atoms with E-state index in [9.17, 15) is 9.59 Å². The Morgan fingerprint density at radius 1 is 0.882 bits per heavy atom. The molecule has 3 aromatic rings. The lowest BCUT2D eigenvalue weighted by Gasteiger charge is -2.05. The van der Waals surface area contributed by atoms with Crippen LogP contribution in [0.25, 0.3) is 16.5 Å². The van der Waals surface area contributed by atoms with Gasteiger partial charge in [0.05, 0.1) is 16.5 Å². The van der Waals surface area contributed by atoms with Gasteiger partial charge in [0.15, 0.2) is 0 Å². The molecule has 0 aliphatic rings. The first-order chi connectivity index (χ1) is 8.27. The predicted octanol–water partition coefficient (Wildman–Crippen LogP) is 1.01. The molecule has 5 nitrogen and oxygen atoms in total. The number of hydrogen-bond acceptors (Lipinski definition) is 2. The fourth-order valence-electron chi connectivity index (χ4n) is 1.92. The zero-order valence-electron chi connectivity index (χ0n) is 8.81. The number of benzene rings is 1. The number of nitrogens with zero attached hydrogens (tertiary/aromatic N) is 1. The Morgan fingerprint density at radius 2 is 1.59 bits per heavy atom. The highest BCUT2D eigenvalue weighted by Crippen LogP contribution is 2.15. The second-order valence-corrected chi connectivity index (χ2v) is 3.70. The van der Waals surface area contributed by atoms with E-state index in [1.165, 1.54) is 0 Å². The average Bonchev–Trinajstić information content (AvgIpc) is 2.87. The van der Waals surface area contributed by atoms with Crippen LogP contribution in [0, 0.1) is 0 Å². The van der Waals surface area contributed by atoms with Crippen LogP contribution in [-0.2, 0) is 0 Å². The Bertz CT molecular complexity index is 781. The van der Waals surface area contributed by atoms with E-state index in [4.69, 9.17) is 0 Å². The van der Waals surface area contributed by atoms with Gasteiger partial charge in [-0.2, -0.15) is 0 Å². The topological polar surface area (TPSA) is 70.7 Å². The van der Waals surface area contributed by atoms with E-state index < -0.39 is 0 Å². The van der Waals surface area contributed by atoms with Crippen molar-refractivity contribution < 1.29 is 0 Å². The summed E-state index contributed by atoms with van der Waals surface area (Å²) < 4.78 is 1.80. The molecular weight excluding hydrogens is 218 g/mol. The quantitative estimate of drug-likeness (QED) is 0.651. The molecule has 0 unspecified atom stereocenters. The Hall–Kier alpha value is -2.56. The number of nitrogens with one attached hydrogen (secondary N) is 2. The Morgan fingerprint density at radius 3 is 2.35 bits per heavy atom. The van der Waals surface area contributed by atoms with Gasteiger partial charge in [-0.05, 0) is 24.3 Å². The lowest BCUT2D eigenvalue weighted by atomic mass is 10.1. The van der Waals surface area contributed by atoms with Gasteiger partial charge >= 0.3 is 0 Å². The van der Waals surface area contributed by atoms with Gasteiger partial charge in [-0.3, -0.25) is 19.8 Å². The normalized spacial score (nSPS) is 10.8. The first-order valence-electron chi connectivity index (χ1n) is 5.14. The van der Waals surface area contributed by atoms with Crippen LogP contribution in [0.1, 0.15) is 0 Å². The molecule has 0 spiro atoms. The molecule has 0 radical (unpaired) electrons. The minimum atomic E-state index is -0.302. The molecule has 17 heavy (non-hydrogen) atoms. The zero-order valence-corrected chi connectivity index (χ0v) is 8.81. The minimum absolute atomic E-state index is 0.298. The van der Waals surface area contributed by atoms with Gasteiger partial charge in [-0.15, -0.1) is 0 Å². The van der Waals surface area contributed by atoms with Crippen molar-refractivity contribution in [3.8, 4) is 5.69 Å². The number of rotatable bonds is 1. The first kappa shape index (κ1) is 9.65. The number of fused-ring (bicyclic) bond motifs is 1. The predicted molar refractivity (Wildman–Crippen MR) is 64.5 cm³/mol. The van der Waals surface area contributed by atoms with Crippen molar-refractivity contribution in [1.29, 1.82) is 0 Å². The fourth-order valence-corrected chi connectivity index (χ4v) is 1.92. The summed E-state index contributed by atoms with van der Waals surface area (Å²) in [5.41, 5.74) is 0.0948. The summed E-state index contributed by atoms with van der Waals surface area (Å²) in [6.45, 7) is 0. The van der Waals surface area contributed by atoms with Crippen molar-refractivity contribution in [1.82, 2.24) is 14.8 Å². The molecule has 5 heteroatoms. The molecule has 0 saturated heterocycles. The Balaban J connectivity index is 2.53. The molecule has 0 saturated carbocycles. The van der Waals surface area contributed by atoms with Gasteiger partial charge in [-0.1, -0.05) is 6.07 Å². The molecular formula is C12H9N3O2. The molecule has 0 atom stereocenters. The smallest absolute Gasteiger partial charge is 0.272 e. The number of aromatic amines is 2. The monoisotopic (exact) mass is 227 g/mol. The molecule has 3 rings (SSSR count). The summed E-state index contributed by atoms with van der Waals surface area (Å²) in [7, 11) is 0. The highest BCUT2D eigenvalue weighted by Gasteiger charge is 2.08. The number of H-pyrrole nitrogens is 2. The third-order valence-electron chi connectivity index (χ3n) is 2.69. The van der Waals surface area contributed by atoms with Gasteiger partial charge in [0.25, 0.3) is 11.1 Å². The summed E-state index contributed by atoms with van der Waals surface area (Å²) in [6.07, 6.45) is 3.66. The third-order valence-corrected chi connectivity index (χ3v) is 2.69. The Labute approximate surface area is 95.3 Å². The second-order valence-electron chi connectivity index (χ2n) is 3.70. The van der Waals surface area contributed by atoms with Crippen molar-refractivity contribution in [3.63, 3.8) is 0 Å². The van der Waals surface area contributed by atoms with E-state index in [0.717, 1.165) is 0 Å². The minimum Gasteiger partial charge on any atom is -0.323 e. The Kier molecular flexibility index (Phi) is 1.98. The molecule has 2 heterocycles. The van der Waals surface area contributed by atoms with Crippen LogP contribution < -0.4 is 11.1 Å². The maximum atomic E-state index is 11.8. The van der Waals surface area contributed by atoms with E-state index in [-0.39, 0.29) is 11.1 Å². The van der Waals surface area contributed by atoms with Crippen LogP contribution in [-0.4, -0.2) is 14.8 Å². The largest absolute Gasteiger partial charge is 0.323 e. The van der Waals surface area contributed by atoms with Crippen molar-refractivity contribution in [3.05, 3.63) is 63.4 Å². The standard InChI is InChI=1S/C12H9N3O2/c16-11-8-4-3-5-9(15-6-1-2-7-15)10(8)12(17)14-13-11/h1-7H,(H,13,16)(H,14,17). The highest BCUT2D eigenvalue weighted by atomic mass is 16.1. The summed E-state index contributed by atoms with van der Waals surface area (Å²) >= 11 is 0. The molecule has 1 aromatic carbocycles. The van der Waals surface area contributed by atoms with Gasteiger partial charge in [0.2, 0.25) is 0 Å². The van der Waals surface area contributed by atoms with E-state index in [1.54, 1.807) is 22.8 Å². The molecule has 0 bridgehead atoms. The maximum Gasteiger partial charge on any atom is 0.272 e. The first-order valence-corrected chi connectivity index (χ1v) is 5.14. The highest BCUT2D eigenvalue weighted by molar-refractivity contribution is 5.88. The van der Waals surface area contributed by atoms with E-state index in [0.29, 0.717) is 16.5 Å². The molecule has 84 valence electrons. The van der Waals surface area contributed by atoms with Crippen LogP contribution in [0.5, 0.6) is 0 Å². The van der Waals surface area contributed by atoms with E-state index in [2.05, 4.69) is 10.2 Å². The summed E-state index contributed by atoms with van der Waals surface area (Å²) in [6, 6.07) is 8.92. The van der Waals surface area contributed by atoms with Gasteiger partial charge in [-0.25, -0.2) is 0 Å². The fraction of sp³-hybridized carbons (Fsp3) is 0. The van der Waals surface area contributed by atoms with Crippen molar-refractivity contribution in [2.24, 2.45) is 0 Å². The van der Waals surface area contributed by atoms with Crippen LogP contribution in [0.2, 0.25) is 0 Å². The van der Waals surface area contributed by atoms with Crippen LogP contribution >= 0.6 is 0 Å². The summed E-state index contributed by atoms with van der Waals surface area (Å²) in [4.78, 5) is 23.4. The molecule has 0 aliphatic carbocycles. The van der Waals surface area contributed by atoms with E-state index >= 15 is 0 Å². The van der Waals surface area contributed by atoms with Crippen molar-refractivity contribution in [2.45, 2.75) is 0 Å². The van der Waals surface area contributed by atoms with Crippen LogP contribution in [0.15, 0.2) is 52.3 Å². The molecule has 0 aliphatic heterocycles. The summed E-state index contributed by atoms with van der Waals surface area (Å²) in [5.74, 6) is 0. The van der Waals surface area contributed by atoms with Crippen LogP contribution in [0.4, 0.5) is 0 Å².